The number of aryl methyl sites for hydroxylation is 1. The summed E-state index contributed by atoms with van der Waals surface area (Å²) in [5.41, 5.74) is 4.56. The lowest BCUT2D eigenvalue weighted by Crippen LogP contribution is -2.18. The molecule has 2 heteroatoms. The van der Waals surface area contributed by atoms with Crippen molar-refractivity contribution >= 4 is 37.4 Å². The quantitative estimate of drug-likeness (QED) is 0.483. The molecular weight excluding hydrogens is 340 g/mol. The van der Waals surface area contributed by atoms with Crippen molar-refractivity contribution < 1.29 is 0 Å². The number of alkyl halides is 1. The number of benzene rings is 2. The Kier molecular flexibility index (Phi) is 3.60. The fourth-order valence-electron chi connectivity index (χ4n) is 3.44. The maximum absolute atomic E-state index is 4.01. The summed E-state index contributed by atoms with van der Waals surface area (Å²) in [6.45, 7) is 0. The van der Waals surface area contributed by atoms with E-state index >= 15 is 0 Å². The van der Waals surface area contributed by atoms with E-state index in [2.05, 4.69) is 69.8 Å². The molecule has 0 N–H and O–H groups in total. The Morgan fingerprint density at radius 2 is 1.76 bits per heavy atom. The molecule has 1 heterocycles. The standard InChI is InChI=1S/C19H17BrS/c20-19(17-12-21-18-8-4-3-7-16(17)18)15-10-9-13-5-1-2-6-14(13)11-15/h1-8,12,15,19H,9-11H2. The normalized spacial score (nSPS) is 19.4. The lowest BCUT2D eigenvalue weighted by atomic mass is 9.81. The van der Waals surface area contributed by atoms with Gasteiger partial charge in [-0.2, -0.15) is 0 Å². The van der Waals surface area contributed by atoms with Crippen LogP contribution in [0.1, 0.15) is 27.9 Å². The molecule has 3 aromatic rings. The van der Waals surface area contributed by atoms with Crippen molar-refractivity contribution in [2.75, 3.05) is 0 Å². The van der Waals surface area contributed by atoms with Crippen LogP contribution >= 0.6 is 27.3 Å². The number of thiophene rings is 1. The predicted molar refractivity (Wildman–Crippen MR) is 95.5 cm³/mol. The molecule has 2 aromatic carbocycles. The van der Waals surface area contributed by atoms with Crippen molar-refractivity contribution in [1.29, 1.82) is 0 Å². The highest BCUT2D eigenvalue weighted by Gasteiger charge is 2.27. The number of fused-ring (bicyclic) bond motifs is 2. The molecule has 0 bridgehead atoms. The van der Waals surface area contributed by atoms with Crippen molar-refractivity contribution in [3.05, 3.63) is 70.6 Å². The van der Waals surface area contributed by atoms with Crippen LogP contribution in [0.4, 0.5) is 0 Å². The van der Waals surface area contributed by atoms with Gasteiger partial charge < -0.3 is 0 Å². The predicted octanol–water partition coefficient (Wildman–Crippen LogP) is 6.14. The number of hydrogen-bond donors (Lipinski definition) is 0. The average Bonchev–Trinajstić information content (AvgIpc) is 2.98. The molecule has 1 aromatic heterocycles. The Labute approximate surface area is 137 Å². The van der Waals surface area contributed by atoms with Gasteiger partial charge in [-0.25, -0.2) is 0 Å². The van der Waals surface area contributed by atoms with Crippen LogP contribution in [0.5, 0.6) is 0 Å². The fraction of sp³-hybridized carbons (Fsp3) is 0.263. The lowest BCUT2D eigenvalue weighted by molar-refractivity contribution is 0.454. The van der Waals surface area contributed by atoms with Gasteiger partial charge in [-0.1, -0.05) is 58.4 Å². The van der Waals surface area contributed by atoms with Crippen molar-refractivity contribution in [1.82, 2.24) is 0 Å². The van der Waals surface area contributed by atoms with Gasteiger partial charge in [0, 0.05) is 9.53 Å². The summed E-state index contributed by atoms with van der Waals surface area (Å²) in [7, 11) is 0. The minimum absolute atomic E-state index is 0.460. The van der Waals surface area contributed by atoms with E-state index in [0.717, 1.165) is 0 Å². The Morgan fingerprint density at radius 1 is 1.00 bits per heavy atom. The third kappa shape index (κ3) is 2.45. The van der Waals surface area contributed by atoms with Crippen molar-refractivity contribution in [2.45, 2.75) is 24.1 Å². The SMILES string of the molecule is BrC(c1csc2ccccc12)C1CCc2ccccc2C1. The Balaban J connectivity index is 1.65. The molecule has 0 nitrogen and oxygen atoms in total. The maximum atomic E-state index is 4.01. The summed E-state index contributed by atoms with van der Waals surface area (Å²) in [6.07, 6.45) is 3.68. The van der Waals surface area contributed by atoms with Gasteiger partial charge in [0.1, 0.15) is 0 Å². The molecule has 2 atom stereocenters. The maximum Gasteiger partial charge on any atom is 0.0441 e. The Morgan fingerprint density at radius 3 is 2.67 bits per heavy atom. The van der Waals surface area contributed by atoms with E-state index in [1.54, 1.807) is 5.56 Å². The van der Waals surface area contributed by atoms with Gasteiger partial charge in [-0.15, -0.1) is 11.3 Å². The lowest BCUT2D eigenvalue weighted by Gasteiger charge is -2.28. The topological polar surface area (TPSA) is 0 Å². The molecule has 0 fully saturated rings. The highest BCUT2D eigenvalue weighted by molar-refractivity contribution is 9.09. The average molecular weight is 357 g/mol. The van der Waals surface area contributed by atoms with Gasteiger partial charge in [-0.3, -0.25) is 0 Å². The smallest absolute Gasteiger partial charge is 0.0441 e. The minimum atomic E-state index is 0.460. The van der Waals surface area contributed by atoms with Crippen LogP contribution < -0.4 is 0 Å². The molecule has 106 valence electrons. The third-order valence-corrected chi connectivity index (χ3v) is 6.83. The first kappa shape index (κ1) is 13.5. The largest absolute Gasteiger partial charge is 0.143 e. The highest BCUT2D eigenvalue weighted by atomic mass is 79.9. The highest BCUT2D eigenvalue weighted by Crippen LogP contribution is 2.43. The summed E-state index contributed by atoms with van der Waals surface area (Å²) in [5.74, 6) is 0.693. The van der Waals surface area contributed by atoms with Gasteiger partial charge in [0.15, 0.2) is 0 Å². The van der Waals surface area contributed by atoms with Crippen LogP contribution in [-0.4, -0.2) is 0 Å². The van der Waals surface area contributed by atoms with Gasteiger partial charge in [0.25, 0.3) is 0 Å². The summed E-state index contributed by atoms with van der Waals surface area (Å²) < 4.78 is 1.40. The molecule has 0 saturated heterocycles. The number of rotatable bonds is 2. The van der Waals surface area contributed by atoms with E-state index in [-0.39, 0.29) is 0 Å². The van der Waals surface area contributed by atoms with E-state index < -0.39 is 0 Å². The van der Waals surface area contributed by atoms with E-state index in [1.807, 2.05) is 11.3 Å². The van der Waals surface area contributed by atoms with Crippen LogP contribution in [0.3, 0.4) is 0 Å². The van der Waals surface area contributed by atoms with Crippen LogP contribution in [0, 0.1) is 5.92 Å². The van der Waals surface area contributed by atoms with E-state index in [4.69, 9.17) is 0 Å². The zero-order valence-electron chi connectivity index (χ0n) is 11.8. The van der Waals surface area contributed by atoms with Gasteiger partial charge in [-0.05, 0) is 58.7 Å². The molecule has 0 amide bonds. The molecule has 0 spiro atoms. The first-order chi connectivity index (χ1) is 10.3. The second kappa shape index (κ2) is 5.58. The first-order valence-electron chi connectivity index (χ1n) is 7.50. The summed E-state index contributed by atoms with van der Waals surface area (Å²) in [5, 5.41) is 3.76. The minimum Gasteiger partial charge on any atom is -0.143 e. The zero-order valence-corrected chi connectivity index (χ0v) is 14.2. The van der Waals surface area contributed by atoms with Crippen molar-refractivity contribution in [2.24, 2.45) is 5.92 Å². The van der Waals surface area contributed by atoms with Crippen molar-refractivity contribution in [3.63, 3.8) is 0 Å². The van der Waals surface area contributed by atoms with Crippen LogP contribution in [-0.2, 0) is 12.8 Å². The van der Waals surface area contributed by atoms with Gasteiger partial charge >= 0.3 is 0 Å². The number of halogens is 1. The second-order valence-electron chi connectivity index (χ2n) is 5.86. The number of hydrogen-bond acceptors (Lipinski definition) is 1. The molecule has 2 unspecified atom stereocenters. The molecule has 4 rings (SSSR count). The third-order valence-electron chi connectivity index (χ3n) is 4.61. The molecule has 1 aliphatic carbocycles. The van der Waals surface area contributed by atoms with E-state index in [1.165, 1.54) is 40.5 Å². The van der Waals surface area contributed by atoms with E-state index in [0.29, 0.717) is 10.7 Å². The summed E-state index contributed by atoms with van der Waals surface area (Å²) in [4.78, 5) is 0.460. The van der Waals surface area contributed by atoms with E-state index in [9.17, 15) is 0 Å². The monoisotopic (exact) mass is 356 g/mol. The second-order valence-corrected chi connectivity index (χ2v) is 7.76. The van der Waals surface area contributed by atoms with Crippen LogP contribution in [0.15, 0.2) is 53.9 Å². The van der Waals surface area contributed by atoms with Gasteiger partial charge in [0.05, 0.1) is 0 Å². The van der Waals surface area contributed by atoms with Crippen LogP contribution in [0.2, 0.25) is 0 Å². The van der Waals surface area contributed by atoms with Crippen LogP contribution in [0.25, 0.3) is 10.1 Å². The molecule has 1 aliphatic rings. The van der Waals surface area contributed by atoms with Gasteiger partial charge in [0.2, 0.25) is 0 Å². The molecular formula is C19H17BrS. The summed E-state index contributed by atoms with van der Waals surface area (Å²) >= 11 is 5.87. The van der Waals surface area contributed by atoms with Crippen molar-refractivity contribution in [3.8, 4) is 0 Å². The molecule has 0 radical (unpaired) electrons. The summed E-state index contributed by atoms with van der Waals surface area (Å²) in [6, 6.07) is 17.7. The Hall–Kier alpha value is -1.12. The fourth-order valence-corrected chi connectivity index (χ4v) is 5.44. The molecule has 0 saturated carbocycles. The Bertz CT molecular complexity index is 774. The molecule has 0 aliphatic heterocycles. The zero-order chi connectivity index (χ0) is 14.2. The molecule has 21 heavy (non-hydrogen) atoms. The first-order valence-corrected chi connectivity index (χ1v) is 9.29.